The number of para-hydroxylation sites is 1. The van der Waals surface area contributed by atoms with Gasteiger partial charge in [-0.1, -0.05) is 32.0 Å². The van der Waals surface area contributed by atoms with E-state index >= 15 is 0 Å². The van der Waals surface area contributed by atoms with Gasteiger partial charge in [0.2, 0.25) is 5.91 Å². The second-order valence-electron chi connectivity index (χ2n) is 4.44. The van der Waals surface area contributed by atoms with Crippen molar-refractivity contribution in [1.82, 2.24) is 5.32 Å². The maximum absolute atomic E-state index is 11.6. The Morgan fingerprint density at radius 1 is 1.41 bits per heavy atom. The van der Waals surface area contributed by atoms with Crippen LogP contribution in [0.25, 0.3) is 0 Å². The van der Waals surface area contributed by atoms with Crippen molar-refractivity contribution in [3.8, 4) is 5.75 Å². The summed E-state index contributed by atoms with van der Waals surface area (Å²) in [5, 5.41) is 12.3. The van der Waals surface area contributed by atoms with E-state index in [0.29, 0.717) is 13.0 Å². The number of hydrogen-bond acceptors (Lipinski definition) is 3. The second kappa shape index (κ2) is 6.25. The minimum atomic E-state index is -0.473. The standard InChI is InChI=1S/C13H20N2O2/c1-9(2)12(14)13(17)15-8-7-10-5-3-4-6-11(10)16/h3-6,9,12,16H,7-8,14H2,1-2H3,(H,15,17). The molecule has 0 bridgehead atoms. The average Bonchev–Trinajstić information content (AvgIpc) is 2.30. The molecule has 0 radical (unpaired) electrons. The molecular formula is C13H20N2O2. The number of rotatable bonds is 5. The van der Waals surface area contributed by atoms with Crippen LogP contribution < -0.4 is 11.1 Å². The fraction of sp³-hybridized carbons (Fsp3) is 0.462. The lowest BCUT2D eigenvalue weighted by atomic mass is 10.0. The van der Waals surface area contributed by atoms with E-state index in [2.05, 4.69) is 5.32 Å². The Balaban J connectivity index is 2.38. The van der Waals surface area contributed by atoms with E-state index in [4.69, 9.17) is 5.73 Å². The molecule has 1 amide bonds. The third-order valence-corrected chi connectivity index (χ3v) is 2.71. The predicted octanol–water partition coefficient (Wildman–Crippen LogP) is 1.03. The van der Waals surface area contributed by atoms with Crippen molar-refractivity contribution in [2.75, 3.05) is 6.54 Å². The topological polar surface area (TPSA) is 75.4 Å². The molecule has 0 aliphatic rings. The lowest BCUT2D eigenvalue weighted by Crippen LogP contribution is -2.44. The van der Waals surface area contributed by atoms with Crippen LogP contribution in [0.4, 0.5) is 0 Å². The van der Waals surface area contributed by atoms with E-state index in [-0.39, 0.29) is 17.6 Å². The third-order valence-electron chi connectivity index (χ3n) is 2.71. The fourth-order valence-electron chi connectivity index (χ4n) is 1.46. The summed E-state index contributed by atoms with van der Waals surface area (Å²) in [7, 11) is 0. The molecule has 0 fully saturated rings. The molecule has 94 valence electrons. The van der Waals surface area contributed by atoms with Gasteiger partial charge in [-0.25, -0.2) is 0 Å². The molecule has 0 saturated carbocycles. The van der Waals surface area contributed by atoms with Gasteiger partial charge in [0.1, 0.15) is 5.75 Å². The van der Waals surface area contributed by atoms with Gasteiger partial charge in [-0.2, -0.15) is 0 Å². The van der Waals surface area contributed by atoms with Crippen molar-refractivity contribution in [3.63, 3.8) is 0 Å². The van der Waals surface area contributed by atoms with Crippen molar-refractivity contribution >= 4 is 5.91 Å². The smallest absolute Gasteiger partial charge is 0.237 e. The maximum Gasteiger partial charge on any atom is 0.237 e. The van der Waals surface area contributed by atoms with Gasteiger partial charge >= 0.3 is 0 Å². The quantitative estimate of drug-likeness (QED) is 0.715. The summed E-state index contributed by atoms with van der Waals surface area (Å²) in [6, 6.07) is 6.63. The fourth-order valence-corrected chi connectivity index (χ4v) is 1.46. The number of nitrogens with one attached hydrogen (secondary N) is 1. The van der Waals surface area contributed by atoms with Gasteiger partial charge in [0.15, 0.2) is 0 Å². The number of hydrogen-bond donors (Lipinski definition) is 3. The zero-order valence-electron chi connectivity index (χ0n) is 10.3. The van der Waals surface area contributed by atoms with Crippen LogP contribution in [0.5, 0.6) is 5.75 Å². The van der Waals surface area contributed by atoms with E-state index in [9.17, 15) is 9.90 Å². The minimum Gasteiger partial charge on any atom is -0.508 e. The molecule has 4 N–H and O–H groups in total. The van der Waals surface area contributed by atoms with Crippen LogP contribution in [0.2, 0.25) is 0 Å². The highest BCUT2D eigenvalue weighted by molar-refractivity contribution is 5.81. The number of nitrogens with two attached hydrogens (primary N) is 1. The first-order chi connectivity index (χ1) is 8.02. The van der Waals surface area contributed by atoms with Crippen LogP contribution in [0.3, 0.4) is 0 Å². The van der Waals surface area contributed by atoms with Crippen molar-refractivity contribution in [2.24, 2.45) is 11.7 Å². The molecule has 17 heavy (non-hydrogen) atoms. The Bertz CT molecular complexity index is 377. The van der Waals surface area contributed by atoms with Gasteiger partial charge in [-0.15, -0.1) is 0 Å². The predicted molar refractivity (Wildman–Crippen MR) is 67.6 cm³/mol. The summed E-state index contributed by atoms with van der Waals surface area (Å²) in [5.74, 6) is 0.241. The van der Waals surface area contributed by atoms with Crippen molar-refractivity contribution in [2.45, 2.75) is 26.3 Å². The molecule has 0 saturated heterocycles. The average molecular weight is 236 g/mol. The highest BCUT2D eigenvalue weighted by Gasteiger charge is 2.16. The largest absolute Gasteiger partial charge is 0.508 e. The summed E-state index contributed by atoms with van der Waals surface area (Å²) in [5.41, 5.74) is 6.53. The van der Waals surface area contributed by atoms with Crippen molar-refractivity contribution in [3.05, 3.63) is 29.8 Å². The van der Waals surface area contributed by atoms with Gasteiger partial charge in [0.25, 0.3) is 0 Å². The lowest BCUT2D eigenvalue weighted by Gasteiger charge is -2.15. The maximum atomic E-state index is 11.6. The molecule has 4 heteroatoms. The molecule has 0 aliphatic carbocycles. The van der Waals surface area contributed by atoms with Gasteiger partial charge in [0, 0.05) is 6.54 Å². The molecule has 0 aliphatic heterocycles. The van der Waals surface area contributed by atoms with E-state index in [1.807, 2.05) is 26.0 Å². The number of carbonyl (C=O) groups excluding carboxylic acids is 1. The Kier molecular flexibility index (Phi) is 4.97. The Hall–Kier alpha value is -1.55. The molecule has 0 aromatic heterocycles. The lowest BCUT2D eigenvalue weighted by molar-refractivity contribution is -0.123. The Labute approximate surface area is 102 Å². The number of amides is 1. The van der Waals surface area contributed by atoms with E-state index in [1.54, 1.807) is 12.1 Å². The number of carbonyl (C=O) groups is 1. The first kappa shape index (κ1) is 13.5. The summed E-state index contributed by atoms with van der Waals surface area (Å²) in [6.07, 6.45) is 0.600. The SMILES string of the molecule is CC(C)C(N)C(=O)NCCc1ccccc1O. The van der Waals surface area contributed by atoms with Gasteiger partial charge in [-0.3, -0.25) is 4.79 Å². The zero-order chi connectivity index (χ0) is 12.8. The van der Waals surface area contributed by atoms with Crippen molar-refractivity contribution < 1.29 is 9.90 Å². The summed E-state index contributed by atoms with van der Waals surface area (Å²) in [4.78, 5) is 11.6. The minimum absolute atomic E-state index is 0.125. The molecule has 1 atom stereocenters. The number of aromatic hydroxyl groups is 1. The van der Waals surface area contributed by atoms with Crippen LogP contribution in [0.1, 0.15) is 19.4 Å². The molecule has 1 rings (SSSR count). The number of benzene rings is 1. The molecule has 0 heterocycles. The van der Waals surface area contributed by atoms with Gasteiger partial charge in [0.05, 0.1) is 6.04 Å². The van der Waals surface area contributed by atoms with E-state index in [0.717, 1.165) is 5.56 Å². The van der Waals surface area contributed by atoms with Crippen LogP contribution in [-0.4, -0.2) is 23.6 Å². The van der Waals surface area contributed by atoms with E-state index in [1.165, 1.54) is 0 Å². The molecule has 1 unspecified atom stereocenters. The van der Waals surface area contributed by atoms with Crippen LogP contribution in [0, 0.1) is 5.92 Å². The Morgan fingerprint density at radius 2 is 2.06 bits per heavy atom. The van der Waals surface area contributed by atoms with Crippen LogP contribution >= 0.6 is 0 Å². The van der Waals surface area contributed by atoms with Crippen LogP contribution in [-0.2, 0) is 11.2 Å². The Morgan fingerprint density at radius 3 is 2.65 bits per heavy atom. The third kappa shape index (κ3) is 4.07. The summed E-state index contributed by atoms with van der Waals surface area (Å²) in [6.45, 7) is 4.30. The monoisotopic (exact) mass is 236 g/mol. The van der Waals surface area contributed by atoms with Gasteiger partial charge in [-0.05, 0) is 24.0 Å². The van der Waals surface area contributed by atoms with E-state index < -0.39 is 6.04 Å². The first-order valence-corrected chi connectivity index (χ1v) is 5.82. The summed E-state index contributed by atoms with van der Waals surface area (Å²) >= 11 is 0. The highest BCUT2D eigenvalue weighted by Crippen LogP contribution is 2.15. The first-order valence-electron chi connectivity index (χ1n) is 5.82. The number of phenolic OH excluding ortho intramolecular Hbond substituents is 1. The number of phenols is 1. The summed E-state index contributed by atoms with van der Waals surface area (Å²) < 4.78 is 0. The normalized spacial score (nSPS) is 12.5. The molecule has 1 aromatic carbocycles. The highest BCUT2D eigenvalue weighted by atomic mass is 16.3. The second-order valence-corrected chi connectivity index (χ2v) is 4.44. The molecule has 4 nitrogen and oxygen atoms in total. The molecule has 1 aromatic rings. The molecular weight excluding hydrogens is 216 g/mol. The van der Waals surface area contributed by atoms with Crippen LogP contribution in [0.15, 0.2) is 24.3 Å². The van der Waals surface area contributed by atoms with Crippen molar-refractivity contribution in [1.29, 1.82) is 0 Å². The molecule has 0 spiro atoms. The van der Waals surface area contributed by atoms with Gasteiger partial charge < -0.3 is 16.2 Å². The zero-order valence-corrected chi connectivity index (χ0v) is 10.3.